The third-order valence-corrected chi connectivity index (χ3v) is 4.45. The lowest BCUT2D eigenvalue weighted by molar-refractivity contribution is 0.0925. The van der Waals surface area contributed by atoms with Gasteiger partial charge in [-0.2, -0.15) is 0 Å². The summed E-state index contributed by atoms with van der Waals surface area (Å²) in [6.45, 7) is 0.492. The lowest BCUT2D eigenvalue weighted by Crippen LogP contribution is -2.40. The smallest absolute Gasteiger partial charge is 0.251 e. The van der Waals surface area contributed by atoms with Gasteiger partial charge in [0.15, 0.2) is 0 Å². The van der Waals surface area contributed by atoms with E-state index in [-0.39, 0.29) is 18.0 Å². The van der Waals surface area contributed by atoms with Crippen molar-refractivity contribution in [3.8, 4) is 5.75 Å². The number of ether oxygens (including phenoxy) is 1. The molecule has 0 spiro atoms. The Balaban J connectivity index is 1.57. The van der Waals surface area contributed by atoms with Crippen LogP contribution in [0.1, 0.15) is 41.6 Å². The predicted octanol–water partition coefficient (Wildman–Crippen LogP) is 3.27. The number of carbonyl (C=O) groups is 1. The molecular weight excluding hydrogens is 300 g/mol. The SMILES string of the molecule is NC1CCC(NC(=O)c2cccc(OCc3ccccc3)c2)CC1. The summed E-state index contributed by atoms with van der Waals surface area (Å²) < 4.78 is 5.79. The molecule has 126 valence electrons. The van der Waals surface area contributed by atoms with E-state index in [0.717, 1.165) is 31.2 Å². The van der Waals surface area contributed by atoms with Gasteiger partial charge in [0.2, 0.25) is 0 Å². The Kier molecular flexibility index (Phi) is 5.49. The summed E-state index contributed by atoms with van der Waals surface area (Å²) >= 11 is 0. The second kappa shape index (κ2) is 7.97. The zero-order valence-electron chi connectivity index (χ0n) is 13.8. The van der Waals surface area contributed by atoms with E-state index in [9.17, 15) is 4.79 Å². The van der Waals surface area contributed by atoms with E-state index in [1.807, 2.05) is 48.5 Å². The van der Waals surface area contributed by atoms with Gasteiger partial charge in [-0.25, -0.2) is 0 Å². The van der Waals surface area contributed by atoms with Gasteiger partial charge in [0.05, 0.1) is 0 Å². The van der Waals surface area contributed by atoms with Crippen molar-refractivity contribution < 1.29 is 9.53 Å². The van der Waals surface area contributed by atoms with E-state index in [1.54, 1.807) is 6.07 Å². The Hall–Kier alpha value is -2.33. The number of amides is 1. The number of carbonyl (C=O) groups excluding carboxylic acids is 1. The first-order valence-electron chi connectivity index (χ1n) is 8.54. The molecule has 4 nitrogen and oxygen atoms in total. The maximum absolute atomic E-state index is 12.4. The van der Waals surface area contributed by atoms with E-state index in [1.165, 1.54) is 0 Å². The van der Waals surface area contributed by atoms with E-state index < -0.39 is 0 Å². The molecule has 4 heteroatoms. The molecule has 0 unspecified atom stereocenters. The van der Waals surface area contributed by atoms with E-state index in [4.69, 9.17) is 10.5 Å². The summed E-state index contributed by atoms with van der Waals surface area (Å²) in [6.07, 6.45) is 3.87. The number of hydrogen-bond donors (Lipinski definition) is 2. The number of hydrogen-bond acceptors (Lipinski definition) is 3. The van der Waals surface area contributed by atoms with Crippen molar-refractivity contribution in [2.75, 3.05) is 0 Å². The van der Waals surface area contributed by atoms with Crippen LogP contribution in [-0.4, -0.2) is 18.0 Å². The van der Waals surface area contributed by atoms with E-state index >= 15 is 0 Å². The minimum absolute atomic E-state index is 0.0411. The molecule has 0 bridgehead atoms. The Morgan fingerprint density at radius 2 is 1.79 bits per heavy atom. The average molecular weight is 324 g/mol. The van der Waals surface area contributed by atoms with Gasteiger partial charge >= 0.3 is 0 Å². The molecule has 1 aliphatic carbocycles. The van der Waals surface area contributed by atoms with Crippen LogP contribution >= 0.6 is 0 Å². The molecular formula is C20H24N2O2. The molecule has 1 saturated carbocycles. The predicted molar refractivity (Wildman–Crippen MR) is 94.9 cm³/mol. The molecule has 2 aromatic rings. The standard InChI is InChI=1S/C20H24N2O2/c21-17-9-11-18(12-10-17)22-20(23)16-7-4-8-19(13-16)24-14-15-5-2-1-3-6-15/h1-8,13,17-18H,9-12,14,21H2,(H,22,23). The molecule has 0 aromatic heterocycles. The highest BCUT2D eigenvalue weighted by Gasteiger charge is 2.20. The fourth-order valence-corrected chi connectivity index (χ4v) is 3.00. The van der Waals surface area contributed by atoms with Crippen LogP contribution in [0.25, 0.3) is 0 Å². The summed E-state index contributed by atoms with van der Waals surface area (Å²) in [5.74, 6) is 0.665. The Morgan fingerprint density at radius 1 is 1.04 bits per heavy atom. The molecule has 1 aliphatic rings. The van der Waals surface area contributed by atoms with Crippen LogP contribution in [0.4, 0.5) is 0 Å². The largest absolute Gasteiger partial charge is 0.489 e. The molecule has 1 fully saturated rings. The fraction of sp³-hybridized carbons (Fsp3) is 0.350. The van der Waals surface area contributed by atoms with Gasteiger partial charge in [-0.05, 0) is 49.4 Å². The minimum atomic E-state index is -0.0411. The summed E-state index contributed by atoms with van der Waals surface area (Å²) in [5, 5.41) is 3.11. The van der Waals surface area contributed by atoms with Crippen molar-refractivity contribution in [1.82, 2.24) is 5.32 Å². The molecule has 0 heterocycles. The quantitative estimate of drug-likeness (QED) is 0.887. The molecule has 24 heavy (non-hydrogen) atoms. The summed E-state index contributed by atoms with van der Waals surface area (Å²) in [5.41, 5.74) is 7.65. The van der Waals surface area contributed by atoms with Crippen LogP contribution in [0.5, 0.6) is 5.75 Å². The third kappa shape index (κ3) is 4.59. The average Bonchev–Trinajstić information content (AvgIpc) is 2.63. The lowest BCUT2D eigenvalue weighted by Gasteiger charge is -2.26. The summed E-state index contributed by atoms with van der Waals surface area (Å²) in [7, 11) is 0. The zero-order chi connectivity index (χ0) is 16.8. The normalized spacial score (nSPS) is 20.4. The van der Waals surface area contributed by atoms with Crippen molar-refractivity contribution >= 4 is 5.91 Å². The van der Waals surface area contributed by atoms with Crippen LogP contribution in [0, 0.1) is 0 Å². The first-order chi connectivity index (χ1) is 11.7. The van der Waals surface area contributed by atoms with Crippen molar-refractivity contribution in [3.05, 3.63) is 65.7 Å². The molecule has 0 aliphatic heterocycles. The van der Waals surface area contributed by atoms with Gasteiger partial charge < -0.3 is 15.8 Å². The van der Waals surface area contributed by atoms with Gasteiger partial charge in [-0.1, -0.05) is 36.4 Å². The molecule has 3 rings (SSSR count). The molecule has 2 aromatic carbocycles. The minimum Gasteiger partial charge on any atom is -0.489 e. The zero-order valence-corrected chi connectivity index (χ0v) is 13.8. The van der Waals surface area contributed by atoms with E-state index in [2.05, 4.69) is 5.32 Å². The maximum atomic E-state index is 12.4. The molecule has 3 N–H and O–H groups in total. The van der Waals surface area contributed by atoms with Crippen LogP contribution in [0.15, 0.2) is 54.6 Å². The second-order valence-electron chi connectivity index (χ2n) is 6.39. The highest BCUT2D eigenvalue weighted by molar-refractivity contribution is 5.94. The van der Waals surface area contributed by atoms with Crippen LogP contribution in [0.2, 0.25) is 0 Å². The third-order valence-electron chi connectivity index (χ3n) is 4.45. The van der Waals surface area contributed by atoms with Gasteiger partial charge in [0, 0.05) is 17.6 Å². The van der Waals surface area contributed by atoms with Crippen molar-refractivity contribution in [2.45, 2.75) is 44.4 Å². The topological polar surface area (TPSA) is 64.3 Å². The Labute approximate surface area is 143 Å². The summed E-state index contributed by atoms with van der Waals surface area (Å²) in [6, 6.07) is 17.8. The van der Waals surface area contributed by atoms with Crippen LogP contribution in [-0.2, 0) is 6.61 Å². The highest BCUT2D eigenvalue weighted by atomic mass is 16.5. The molecule has 0 atom stereocenters. The number of rotatable bonds is 5. The van der Waals surface area contributed by atoms with Crippen molar-refractivity contribution in [3.63, 3.8) is 0 Å². The van der Waals surface area contributed by atoms with Crippen LogP contribution in [0.3, 0.4) is 0 Å². The van der Waals surface area contributed by atoms with Crippen molar-refractivity contribution in [2.24, 2.45) is 5.73 Å². The maximum Gasteiger partial charge on any atom is 0.251 e. The van der Waals surface area contributed by atoms with Gasteiger partial charge in [0.25, 0.3) is 5.91 Å². The molecule has 0 saturated heterocycles. The number of nitrogens with one attached hydrogen (secondary N) is 1. The van der Waals surface area contributed by atoms with Gasteiger partial charge in [-0.3, -0.25) is 4.79 Å². The lowest BCUT2D eigenvalue weighted by atomic mass is 9.91. The Morgan fingerprint density at radius 3 is 2.54 bits per heavy atom. The monoisotopic (exact) mass is 324 g/mol. The van der Waals surface area contributed by atoms with Gasteiger partial charge in [-0.15, -0.1) is 0 Å². The second-order valence-corrected chi connectivity index (χ2v) is 6.39. The van der Waals surface area contributed by atoms with Crippen LogP contribution < -0.4 is 15.8 Å². The van der Waals surface area contributed by atoms with Gasteiger partial charge in [0.1, 0.15) is 12.4 Å². The Bertz CT molecular complexity index is 664. The first kappa shape index (κ1) is 16.5. The van der Waals surface area contributed by atoms with E-state index in [0.29, 0.717) is 17.9 Å². The number of nitrogens with two attached hydrogens (primary N) is 1. The first-order valence-corrected chi connectivity index (χ1v) is 8.54. The van der Waals surface area contributed by atoms with Crippen molar-refractivity contribution in [1.29, 1.82) is 0 Å². The molecule has 0 radical (unpaired) electrons. The fourth-order valence-electron chi connectivity index (χ4n) is 3.00. The molecule has 1 amide bonds. The summed E-state index contributed by atoms with van der Waals surface area (Å²) in [4.78, 5) is 12.4. The number of benzene rings is 2. The highest BCUT2D eigenvalue weighted by Crippen LogP contribution is 2.19.